The highest BCUT2D eigenvalue weighted by molar-refractivity contribution is 5.95. The largest absolute Gasteiger partial charge is 0.336 e. The maximum absolute atomic E-state index is 13.8. The van der Waals surface area contributed by atoms with Crippen molar-refractivity contribution in [3.05, 3.63) is 65.7 Å². The zero-order valence-electron chi connectivity index (χ0n) is 14.1. The van der Waals surface area contributed by atoms with Crippen molar-refractivity contribution in [2.24, 2.45) is 0 Å². The third kappa shape index (κ3) is 4.23. The van der Waals surface area contributed by atoms with E-state index in [2.05, 4.69) is 5.32 Å². The highest BCUT2D eigenvalue weighted by Crippen LogP contribution is 2.16. The number of anilines is 1. The first-order valence-corrected chi connectivity index (χ1v) is 8.35. The lowest BCUT2D eigenvalue weighted by Gasteiger charge is -2.34. The fourth-order valence-corrected chi connectivity index (χ4v) is 2.89. The van der Waals surface area contributed by atoms with E-state index < -0.39 is 23.1 Å². The molecule has 1 heterocycles. The number of hydrogen-bond acceptors (Lipinski definition) is 3. The number of nitrogens with one attached hydrogen (secondary N) is 1. The lowest BCUT2D eigenvalue weighted by atomic mass is 10.1. The van der Waals surface area contributed by atoms with Gasteiger partial charge in [0.1, 0.15) is 17.2 Å². The molecule has 2 aromatic carbocycles. The lowest BCUT2D eigenvalue weighted by molar-refractivity contribution is -0.117. The van der Waals surface area contributed by atoms with Crippen LogP contribution >= 0.6 is 0 Å². The molecular weight excluding hydrogens is 340 g/mol. The Labute approximate surface area is 150 Å². The summed E-state index contributed by atoms with van der Waals surface area (Å²) in [5, 5.41) is 2.80. The van der Waals surface area contributed by atoms with Gasteiger partial charge in [-0.3, -0.25) is 14.5 Å². The molecule has 0 saturated carbocycles. The van der Waals surface area contributed by atoms with Crippen LogP contribution < -0.4 is 5.32 Å². The Kier molecular flexibility index (Phi) is 5.58. The van der Waals surface area contributed by atoms with Gasteiger partial charge in [0.25, 0.3) is 5.91 Å². The third-order valence-electron chi connectivity index (χ3n) is 4.26. The monoisotopic (exact) mass is 359 g/mol. The molecule has 1 aliphatic rings. The molecule has 0 radical (unpaired) electrons. The molecule has 1 fully saturated rings. The van der Waals surface area contributed by atoms with E-state index in [1.807, 2.05) is 23.1 Å². The maximum Gasteiger partial charge on any atom is 0.259 e. The number of amides is 2. The van der Waals surface area contributed by atoms with Crippen molar-refractivity contribution in [3.8, 4) is 0 Å². The quantitative estimate of drug-likeness (QED) is 0.912. The Morgan fingerprint density at radius 3 is 2.12 bits per heavy atom. The molecule has 1 aliphatic heterocycles. The summed E-state index contributed by atoms with van der Waals surface area (Å²) in [6.45, 7) is 1.75. The summed E-state index contributed by atoms with van der Waals surface area (Å²) >= 11 is 0. The highest BCUT2D eigenvalue weighted by Gasteiger charge is 2.27. The summed E-state index contributed by atoms with van der Waals surface area (Å²) in [5.41, 5.74) is 0.198. The molecule has 1 N–H and O–H groups in total. The zero-order chi connectivity index (χ0) is 18.5. The molecule has 0 bridgehead atoms. The van der Waals surface area contributed by atoms with Crippen molar-refractivity contribution >= 4 is 17.5 Å². The Morgan fingerprint density at radius 2 is 1.50 bits per heavy atom. The van der Waals surface area contributed by atoms with E-state index in [1.54, 1.807) is 12.1 Å². The van der Waals surface area contributed by atoms with Crippen LogP contribution in [0.3, 0.4) is 0 Å². The number of benzene rings is 2. The summed E-state index contributed by atoms with van der Waals surface area (Å²) in [7, 11) is 0. The molecule has 0 aliphatic carbocycles. The number of carbonyl (C=O) groups excluding carboxylic acids is 2. The predicted octanol–water partition coefficient (Wildman–Crippen LogP) is 2.36. The van der Waals surface area contributed by atoms with Gasteiger partial charge in [-0.05, 0) is 24.3 Å². The second-order valence-electron chi connectivity index (χ2n) is 6.08. The number of nitrogens with zero attached hydrogens (tertiary/aromatic N) is 2. The van der Waals surface area contributed by atoms with Crippen molar-refractivity contribution in [1.82, 2.24) is 9.80 Å². The van der Waals surface area contributed by atoms with Gasteiger partial charge in [0.2, 0.25) is 5.91 Å². The molecule has 3 rings (SSSR count). The van der Waals surface area contributed by atoms with Crippen molar-refractivity contribution in [3.63, 3.8) is 0 Å². The second kappa shape index (κ2) is 8.05. The minimum absolute atomic E-state index is 0.142. The van der Waals surface area contributed by atoms with E-state index in [9.17, 15) is 18.4 Å². The fraction of sp³-hybridized carbons (Fsp3) is 0.263. The predicted molar refractivity (Wildman–Crippen MR) is 93.8 cm³/mol. The SMILES string of the molecule is O=C(CN1CCN(C(=O)c2c(F)cccc2F)CC1)Nc1ccccc1. The summed E-state index contributed by atoms with van der Waals surface area (Å²) in [6.07, 6.45) is 0. The first-order valence-electron chi connectivity index (χ1n) is 8.35. The molecule has 7 heteroatoms. The second-order valence-corrected chi connectivity index (χ2v) is 6.08. The molecule has 1 saturated heterocycles. The zero-order valence-corrected chi connectivity index (χ0v) is 14.1. The first-order chi connectivity index (χ1) is 12.5. The molecule has 26 heavy (non-hydrogen) atoms. The van der Waals surface area contributed by atoms with Gasteiger partial charge in [0.05, 0.1) is 6.54 Å². The van der Waals surface area contributed by atoms with Gasteiger partial charge in [0.15, 0.2) is 0 Å². The molecule has 2 aromatic rings. The van der Waals surface area contributed by atoms with Crippen LogP contribution in [0.5, 0.6) is 0 Å². The van der Waals surface area contributed by atoms with Gasteiger partial charge >= 0.3 is 0 Å². The molecule has 136 valence electrons. The van der Waals surface area contributed by atoms with Gasteiger partial charge in [0, 0.05) is 31.9 Å². The fourth-order valence-electron chi connectivity index (χ4n) is 2.89. The first kappa shape index (κ1) is 18.0. The number of hydrogen-bond donors (Lipinski definition) is 1. The molecule has 0 spiro atoms. The molecular formula is C19H19F2N3O2. The minimum atomic E-state index is -0.861. The number of para-hydroxylation sites is 1. The normalized spacial score (nSPS) is 14.9. The van der Waals surface area contributed by atoms with Gasteiger partial charge in [-0.25, -0.2) is 8.78 Å². The van der Waals surface area contributed by atoms with Gasteiger partial charge < -0.3 is 10.2 Å². The van der Waals surface area contributed by atoms with E-state index in [4.69, 9.17) is 0 Å². The van der Waals surface area contributed by atoms with E-state index in [0.29, 0.717) is 26.2 Å². The van der Waals surface area contributed by atoms with Gasteiger partial charge in [-0.1, -0.05) is 24.3 Å². The summed E-state index contributed by atoms with van der Waals surface area (Å²) in [6, 6.07) is 12.5. The van der Waals surface area contributed by atoms with Crippen LogP contribution in [0.2, 0.25) is 0 Å². The lowest BCUT2D eigenvalue weighted by Crippen LogP contribution is -2.50. The minimum Gasteiger partial charge on any atom is -0.336 e. The van der Waals surface area contributed by atoms with E-state index >= 15 is 0 Å². The average Bonchev–Trinajstić information content (AvgIpc) is 2.63. The van der Waals surface area contributed by atoms with Crippen LogP contribution in [0, 0.1) is 11.6 Å². The number of halogens is 2. The molecule has 0 atom stereocenters. The van der Waals surface area contributed by atoms with Crippen molar-refractivity contribution in [1.29, 1.82) is 0 Å². The third-order valence-corrected chi connectivity index (χ3v) is 4.26. The Bertz CT molecular complexity index is 770. The van der Waals surface area contributed by atoms with Gasteiger partial charge in [-0.15, -0.1) is 0 Å². The van der Waals surface area contributed by atoms with Crippen LogP contribution in [0.15, 0.2) is 48.5 Å². The maximum atomic E-state index is 13.8. The van der Waals surface area contributed by atoms with Crippen LogP contribution in [-0.2, 0) is 4.79 Å². The van der Waals surface area contributed by atoms with E-state index in [1.165, 1.54) is 11.0 Å². The molecule has 5 nitrogen and oxygen atoms in total. The Hall–Kier alpha value is -2.80. The number of piperazine rings is 1. The van der Waals surface area contributed by atoms with Crippen LogP contribution in [0.25, 0.3) is 0 Å². The Balaban J connectivity index is 1.53. The molecule has 0 unspecified atom stereocenters. The standard InChI is InChI=1S/C19H19F2N3O2/c20-15-7-4-8-16(21)18(15)19(26)24-11-9-23(10-12-24)13-17(25)22-14-5-2-1-3-6-14/h1-8H,9-13H2,(H,22,25). The Morgan fingerprint density at radius 1 is 0.885 bits per heavy atom. The van der Waals surface area contributed by atoms with Crippen LogP contribution in [0.4, 0.5) is 14.5 Å². The van der Waals surface area contributed by atoms with Crippen molar-refractivity contribution in [2.75, 3.05) is 38.0 Å². The van der Waals surface area contributed by atoms with Gasteiger partial charge in [-0.2, -0.15) is 0 Å². The topological polar surface area (TPSA) is 52.7 Å². The van der Waals surface area contributed by atoms with Crippen LogP contribution in [-0.4, -0.2) is 54.3 Å². The average molecular weight is 359 g/mol. The van der Waals surface area contributed by atoms with E-state index in [-0.39, 0.29) is 12.5 Å². The smallest absolute Gasteiger partial charge is 0.259 e. The summed E-state index contributed by atoms with van der Waals surface area (Å²) in [4.78, 5) is 27.7. The molecule has 0 aromatic heterocycles. The summed E-state index contributed by atoms with van der Waals surface area (Å²) in [5.74, 6) is -2.52. The number of carbonyl (C=O) groups is 2. The molecule has 2 amide bonds. The highest BCUT2D eigenvalue weighted by atomic mass is 19.1. The van der Waals surface area contributed by atoms with Crippen molar-refractivity contribution < 1.29 is 18.4 Å². The van der Waals surface area contributed by atoms with Crippen LogP contribution in [0.1, 0.15) is 10.4 Å². The van der Waals surface area contributed by atoms with E-state index in [0.717, 1.165) is 17.8 Å². The van der Waals surface area contributed by atoms with Crippen molar-refractivity contribution in [2.45, 2.75) is 0 Å². The summed E-state index contributed by atoms with van der Waals surface area (Å²) < 4.78 is 27.5. The number of rotatable bonds is 4.